The van der Waals surface area contributed by atoms with Crippen LogP contribution >= 0.6 is 22.6 Å². The SMILES string of the molecule is Ic1cnc(-c2ccc(OCc3ccccc3)cc2)cn1. The molecule has 0 saturated carbocycles. The summed E-state index contributed by atoms with van der Waals surface area (Å²) in [6, 6.07) is 18.0. The topological polar surface area (TPSA) is 35.0 Å². The van der Waals surface area contributed by atoms with E-state index in [2.05, 4.69) is 44.7 Å². The molecule has 0 radical (unpaired) electrons. The highest BCUT2D eigenvalue weighted by Gasteiger charge is 2.01. The highest BCUT2D eigenvalue weighted by Crippen LogP contribution is 2.21. The molecule has 0 aliphatic heterocycles. The molecule has 3 aromatic rings. The second kappa shape index (κ2) is 6.67. The maximum Gasteiger partial charge on any atom is 0.119 e. The summed E-state index contributed by atoms with van der Waals surface area (Å²) in [5.74, 6) is 0.848. The van der Waals surface area contributed by atoms with Gasteiger partial charge in [0.05, 0.1) is 18.1 Å². The molecule has 0 amide bonds. The van der Waals surface area contributed by atoms with Crippen molar-refractivity contribution in [1.82, 2.24) is 9.97 Å². The summed E-state index contributed by atoms with van der Waals surface area (Å²) >= 11 is 2.14. The lowest BCUT2D eigenvalue weighted by Crippen LogP contribution is -1.95. The molecule has 3 rings (SSSR count). The van der Waals surface area contributed by atoms with Crippen LogP contribution < -0.4 is 4.74 Å². The van der Waals surface area contributed by atoms with E-state index >= 15 is 0 Å². The predicted molar refractivity (Wildman–Crippen MR) is 91.0 cm³/mol. The molecule has 0 spiro atoms. The molecule has 0 aliphatic rings. The van der Waals surface area contributed by atoms with Gasteiger partial charge in [-0.1, -0.05) is 30.3 Å². The lowest BCUT2D eigenvalue weighted by atomic mass is 10.1. The van der Waals surface area contributed by atoms with Crippen molar-refractivity contribution < 1.29 is 4.74 Å². The molecule has 21 heavy (non-hydrogen) atoms. The minimum Gasteiger partial charge on any atom is -0.489 e. The minimum atomic E-state index is 0.573. The molecule has 1 aromatic heterocycles. The molecule has 0 atom stereocenters. The second-order valence-corrected chi connectivity index (χ2v) is 5.63. The van der Waals surface area contributed by atoms with E-state index in [0.717, 1.165) is 26.3 Å². The Morgan fingerprint density at radius 2 is 1.62 bits per heavy atom. The number of nitrogens with zero attached hydrogens (tertiary/aromatic N) is 2. The first-order valence-electron chi connectivity index (χ1n) is 6.56. The average molecular weight is 388 g/mol. The van der Waals surface area contributed by atoms with Gasteiger partial charge in [-0.15, -0.1) is 0 Å². The van der Waals surface area contributed by atoms with Gasteiger partial charge in [-0.05, 0) is 52.4 Å². The van der Waals surface area contributed by atoms with E-state index in [1.165, 1.54) is 0 Å². The molecule has 0 aliphatic carbocycles. The molecular weight excluding hydrogens is 375 g/mol. The number of benzene rings is 2. The Morgan fingerprint density at radius 3 is 2.29 bits per heavy atom. The minimum absolute atomic E-state index is 0.573. The van der Waals surface area contributed by atoms with Gasteiger partial charge in [-0.3, -0.25) is 4.98 Å². The Kier molecular flexibility index (Phi) is 4.45. The zero-order valence-corrected chi connectivity index (χ0v) is 13.4. The van der Waals surface area contributed by atoms with E-state index < -0.39 is 0 Å². The summed E-state index contributed by atoms with van der Waals surface area (Å²) in [5.41, 5.74) is 3.06. The monoisotopic (exact) mass is 388 g/mol. The average Bonchev–Trinajstić information content (AvgIpc) is 2.55. The largest absolute Gasteiger partial charge is 0.489 e. The fourth-order valence-electron chi connectivity index (χ4n) is 1.92. The van der Waals surface area contributed by atoms with E-state index in [0.29, 0.717) is 6.61 Å². The van der Waals surface area contributed by atoms with Gasteiger partial charge >= 0.3 is 0 Å². The van der Waals surface area contributed by atoms with Crippen molar-refractivity contribution in [1.29, 1.82) is 0 Å². The van der Waals surface area contributed by atoms with Crippen LogP contribution in [0.15, 0.2) is 67.0 Å². The Morgan fingerprint density at radius 1 is 0.857 bits per heavy atom. The first kappa shape index (κ1) is 14.0. The fraction of sp³-hybridized carbons (Fsp3) is 0.0588. The van der Waals surface area contributed by atoms with Crippen LogP contribution in [0, 0.1) is 3.70 Å². The molecule has 0 unspecified atom stereocenters. The predicted octanol–water partition coefficient (Wildman–Crippen LogP) is 4.33. The van der Waals surface area contributed by atoms with Gasteiger partial charge < -0.3 is 4.74 Å². The smallest absolute Gasteiger partial charge is 0.119 e. The summed E-state index contributed by atoms with van der Waals surface area (Å²) in [4.78, 5) is 8.61. The Hall–Kier alpha value is -1.95. The quantitative estimate of drug-likeness (QED) is 0.625. The van der Waals surface area contributed by atoms with Crippen LogP contribution in [0.5, 0.6) is 5.75 Å². The first-order valence-corrected chi connectivity index (χ1v) is 7.64. The molecule has 4 heteroatoms. The molecule has 3 nitrogen and oxygen atoms in total. The van der Waals surface area contributed by atoms with Crippen LogP contribution in [-0.2, 0) is 6.61 Å². The standard InChI is InChI=1S/C17H13IN2O/c18-17-11-19-16(10-20-17)14-6-8-15(9-7-14)21-12-13-4-2-1-3-5-13/h1-11H,12H2. The number of aromatic nitrogens is 2. The third-order valence-electron chi connectivity index (χ3n) is 3.02. The lowest BCUT2D eigenvalue weighted by Gasteiger charge is -2.07. The molecule has 0 fully saturated rings. The third-order valence-corrected chi connectivity index (χ3v) is 3.58. The van der Waals surface area contributed by atoms with E-state index in [9.17, 15) is 0 Å². The van der Waals surface area contributed by atoms with Crippen molar-refractivity contribution in [3.8, 4) is 17.0 Å². The number of rotatable bonds is 4. The van der Waals surface area contributed by atoms with Crippen LogP contribution in [0.1, 0.15) is 5.56 Å². The number of ether oxygens (including phenoxy) is 1. The van der Waals surface area contributed by atoms with Gasteiger partial charge in [0, 0.05) is 5.56 Å². The van der Waals surface area contributed by atoms with Crippen LogP contribution in [-0.4, -0.2) is 9.97 Å². The Balaban J connectivity index is 1.68. The molecule has 2 aromatic carbocycles. The maximum atomic E-state index is 5.76. The normalized spacial score (nSPS) is 10.3. The summed E-state index contributed by atoms with van der Waals surface area (Å²) in [5, 5.41) is 0. The highest BCUT2D eigenvalue weighted by atomic mass is 127. The van der Waals surface area contributed by atoms with Gasteiger partial charge in [0.1, 0.15) is 16.1 Å². The molecule has 0 N–H and O–H groups in total. The van der Waals surface area contributed by atoms with E-state index in [1.807, 2.05) is 42.5 Å². The molecule has 0 saturated heterocycles. The summed E-state index contributed by atoms with van der Waals surface area (Å²) in [7, 11) is 0. The van der Waals surface area contributed by atoms with Crippen molar-refractivity contribution in [2.45, 2.75) is 6.61 Å². The van der Waals surface area contributed by atoms with E-state index in [-0.39, 0.29) is 0 Å². The maximum absolute atomic E-state index is 5.76. The van der Waals surface area contributed by atoms with Gasteiger partial charge in [0.15, 0.2) is 0 Å². The van der Waals surface area contributed by atoms with Crippen molar-refractivity contribution in [3.63, 3.8) is 0 Å². The zero-order valence-electron chi connectivity index (χ0n) is 11.2. The van der Waals surface area contributed by atoms with Crippen molar-refractivity contribution in [2.75, 3.05) is 0 Å². The second-order valence-electron chi connectivity index (χ2n) is 4.52. The van der Waals surface area contributed by atoms with Gasteiger partial charge in [-0.2, -0.15) is 0 Å². The van der Waals surface area contributed by atoms with E-state index in [4.69, 9.17) is 4.74 Å². The van der Waals surface area contributed by atoms with Gasteiger partial charge in [0.2, 0.25) is 0 Å². The molecule has 104 valence electrons. The summed E-state index contributed by atoms with van der Waals surface area (Å²) < 4.78 is 6.65. The third kappa shape index (κ3) is 3.78. The molecule has 1 heterocycles. The number of hydrogen-bond acceptors (Lipinski definition) is 3. The Labute approximate surface area is 137 Å². The first-order chi connectivity index (χ1) is 10.3. The van der Waals surface area contributed by atoms with Crippen LogP contribution in [0.4, 0.5) is 0 Å². The number of halogens is 1. The van der Waals surface area contributed by atoms with Crippen molar-refractivity contribution in [2.24, 2.45) is 0 Å². The van der Waals surface area contributed by atoms with Crippen LogP contribution in [0.2, 0.25) is 0 Å². The lowest BCUT2D eigenvalue weighted by molar-refractivity contribution is 0.306. The van der Waals surface area contributed by atoms with Gasteiger partial charge in [0.25, 0.3) is 0 Å². The van der Waals surface area contributed by atoms with Crippen LogP contribution in [0.25, 0.3) is 11.3 Å². The highest BCUT2D eigenvalue weighted by molar-refractivity contribution is 14.1. The summed E-state index contributed by atoms with van der Waals surface area (Å²) in [6.07, 6.45) is 3.54. The zero-order chi connectivity index (χ0) is 14.5. The fourth-order valence-corrected chi connectivity index (χ4v) is 2.20. The van der Waals surface area contributed by atoms with E-state index in [1.54, 1.807) is 12.4 Å². The van der Waals surface area contributed by atoms with Gasteiger partial charge in [-0.25, -0.2) is 4.98 Å². The number of hydrogen-bond donors (Lipinski definition) is 0. The van der Waals surface area contributed by atoms with Crippen LogP contribution in [0.3, 0.4) is 0 Å². The Bertz CT molecular complexity index is 697. The van der Waals surface area contributed by atoms with Crippen molar-refractivity contribution in [3.05, 3.63) is 76.3 Å². The summed E-state index contributed by atoms with van der Waals surface area (Å²) in [6.45, 7) is 0.573. The van der Waals surface area contributed by atoms with Crippen molar-refractivity contribution >= 4 is 22.6 Å². The molecular formula is C17H13IN2O. The molecule has 0 bridgehead atoms.